The molecular formula is C44H81N15O14S3. The molecule has 0 aromatic rings. The normalized spacial score (nSPS) is 15.4. The van der Waals surface area contributed by atoms with Gasteiger partial charge >= 0.3 is 5.97 Å². The molecule has 0 fully saturated rings. The molecule has 0 aliphatic carbocycles. The minimum Gasteiger partial charge on any atom is -0.480 e. The summed E-state index contributed by atoms with van der Waals surface area (Å²) in [6, 6.07) is -14.3. The molecule has 0 aliphatic heterocycles. The summed E-state index contributed by atoms with van der Waals surface area (Å²) < 4.78 is 0. The van der Waals surface area contributed by atoms with Gasteiger partial charge in [0.25, 0.3) is 0 Å². The van der Waals surface area contributed by atoms with E-state index in [9.17, 15) is 68.1 Å². The number of aliphatic carboxylic acids is 1. The molecule has 22 N–H and O–H groups in total. The van der Waals surface area contributed by atoms with Gasteiger partial charge in [0.1, 0.15) is 54.4 Å². The second-order valence-corrected chi connectivity index (χ2v) is 19.6. The van der Waals surface area contributed by atoms with Gasteiger partial charge in [0, 0.05) is 18.1 Å². The van der Waals surface area contributed by atoms with E-state index in [4.69, 9.17) is 28.7 Å². The number of nitrogens with one attached hydrogen (secondary N) is 9. The number of guanidine groups is 1. The van der Waals surface area contributed by atoms with E-state index in [1.165, 1.54) is 11.8 Å². The molecule has 434 valence electrons. The summed E-state index contributed by atoms with van der Waals surface area (Å²) in [5.41, 5.74) is 27.5. The molecule has 0 heterocycles. The minimum atomic E-state index is -1.75. The number of nitrogens with zero attached hydrogens (tertiary/aromatic N) is 1. The van der Waals surface area contributed by atoms with Crippen LogP contribution in [0, 0.1) is 11.8 Å². The highest BCUT2D eigenvalue weighted by molar-refractivity contribution is 7.98. The smallest absolute Gasteiger partial charge is 0.328 e. The maximum atomic E-state index is 14.1. The van der Waals surface area contributed by atoms with Crippen LogP contribution in [0.5, 0.6) is 0 Å². The molecule has 0 unspecified atom stereocenters. The number of rotatable bonds is 39. The number of carboxylic acid groups (broad SMARTS) is 1. The van der Waals surface area contributed by atoms with Crippen LogP contribution >= 0.6 is 37.0 Å². The molecule has 0 saturated carbocycles. The van der Waals surface area contributed by atoms with Crippen LogP contribution in [0.15, 0.2) is 4.99 Å². The summed E-state index contributed by atoms with van der Waals surface area (Å²) in [7, 11) is 0. The predicted molar refractivity (Wildman–Crippen MR) is 289 cm³/mol. The number of aliphatic hydroxyl groups excluding tert-OH is 2. The van der Waals surface area contributed by atoms with Gasteiger partial charge in [-0.05, 0) is 68.9 Å². The fourth-order valence-corrected chi connectivity index (χ4v) is 7.74. The molecule has 11 atom stereocenters. The summed E-state index contributed by atoms with van der Waals surface area (Å²) in [5.74, 6) is -12.2. The zero-order chi connectivity index (χ0) is 58.2. The zero-order valence-electron chi connectivity index (χ0n) is 43.5. The molecule has 10 amide bonds. The van der Waals surface area contributed by atoms with Crippen LogP contribution in [-0.2, 0) is 52.7 Å². The number of primary amides is 1. The molecular weight excluding hydrogens is 1060 g/mol. The standard InChI is InChI=1S/C44H81N15O14S3/c1-6-22(4)33(59-37(66)26(12-15-76-5)51-34(63)23(46)16-31(47)62)42(71)58-32(21(2)3)41(70)53-25(11-9-14-50-44(48)49)35(64)54-27(17-60)38(67)57-29(19-74)39(68)52-24(10-7-8-13-45)36(65)56-30(20-75)40(69)55-28(18-61)43(72)73/h21-30,32-33,60-61,74-75H,6-20,45-46H2,1-5H3,(H2,47,62)(H,51,63)(H,52,68)(H,53,70)(H,54,64)(H,55,69)(H,56,65)(H,57,67)(H,58,71)(H,59,66)(H,72,73)(H4,48,49,50)/t22-,23-,24-,25-,26-,27-,28-,29-,30-,32-,33-/m0/s1. The number of thioether (sulfide) groups is 1. The van der Waals surface area contributed by atoms with E-state index in [2.05, 4.69) is 78.1 Å². The highest BCUT2D eigenvalue weighted by atomic mass is 32.2. The van der Waals surface area contributed by atoms with Crippen molar-refractivity contribution in [3.63, 3.8) is 0 Å². The molecule has 32 heteroatoms. The van der Waals surface area contributed by atoms with Crippen LogP contribution in [0.25, 0.3) is 0 Å². The molecule has 76 heavy (non-hydrogen) atoms. The summed E-state index contributed by atoms with van der Waals surface area (Å²) in [5, 5.41) is 50.9. The quantitative estimate of drug-likeness (QED) is 0.0118. The second kappa shape index (κ2) is 38.0. The van der Waals surface area contributed by atoms with Gasteiger partial charge in [0.15, 0.2) is 5.96 Å². The average molecular weight is 1140 g/mol. The van der Waals surface area contributed by atoms with Gasteiger partial charge in [0.2, 0.25) is 59.1 Å². The zero-order valence-corrected chi connectivity index (χ0v) is 46.1. The number of carbonyl (C=O) groups excluding carboxylic acids is 10. The Morgan fingerprint density at radius 1 is 0.553 bits per heavy atom. The Hall–Kier alpha value is -5.67. The Kier molecular flexibility index (Phi) is 35.1. The first kappa shape index (κ1) is 70.3. The van der Waals surface area contributed by atoms with E-state index >= 15 is 0 Å². The maximum Gasteiger partial charge on any atom is 0.328 e. The van der Waals surface area contributed by atoms with E-state index < -0.39 is 157 Å². The molecule has 0 rings (SSSR count). The maximum absolute atomic E-state index is 14.1. The van der Waals surface area contributed by atoms with Crippen LogP contribution in [0.1, 0.15) is 79.1 Å². The van der Waals surface area contributed by atoms with Gasteiger partial charge in [0.05, 0.1) is 25.7 Å². The van der Waals surface area contributed by atoms with Crippen molar-refractivity contribution in [1.29, 1.82) is 0 Å². The summed E-state index contributed by atoms with van der Waals surface area (Å²) >= 11 is 9.60. The number of nitrogens with two attached hydrogens (primary N) is 5. The molecule has 0 aromatic heterocycles. The number of amides is 10. The highest BCUT2D eigenvalue weighted by Gasteiger charge is 2.37. The first-order chi connectivity index (χ1) is 35.8. The number of unbranched alkanes of at least 4 members (excludes halogenated alkanes) is 1. The number of aliphatic hydroxyl groups is 2. The number of carbonyl (C=O) groups is 11. The third kappa shape index (κ3) is 26.4. The van der Waals surface area contributed by atoms with Crippen LogP contribution in [0.2, 0.25) is 0 Å². The summed E-state index contributed by atoms with van der Waals surface area (Å²) in [6.07, 6.45) is 2.43. The lowest BCUT2D eigenvalue weighted by Crippen LogP contribution is -2.62. The Balaban J connectivity index is 6.51. The average Bonchev–Trinajstić information content (AvgIpc) is 3.36. The first-order valence-corrected chi connectivity index (χ1v) is 27.1. The molecule has 0 spiro atoms. The molecule has 0 aliphatic rings. The van der Waals surface area contributed by atoms with Crippen molar-refractivity contribution < 1.29 is 68.1 Å². The lowest BCUT2D eigenvalue weighted by Gasteiger charge is -2.30. The van der Waals surface area contributed by atoms with Gasteiger partial charge in [-0.25, -0.2) is 4.79 Å². The van der Waals surface area contributed by atoms with Gasteiger partial charge in [-0.2, -0.15) is 37.0 Å². The van der Waals surface area contributed by atoms with Crippen LogP contribution in [-0.4, -0.2) is 197 Å². The molecule has 0 radical (unpaired) electrons. The van der Waals surface area contributed by atoms with Crippen molar-refractivity contribution in [2.75, 3.05) is 49.8 Å². The van der Waals surface area contributed by atoms with E-state index in [0.717, 1.165) is 0 Å². The second-order valence-electron chi connectivity index (χ2n) is 17.9. The number of hydrogen-bond donors (Lipinski definition) is 19. The van der Waals surface area contributed by atoms with Crippen molar-refractivity contribution in [2.24, 2.45) is 45.5 Å². The topological polar surface area (TPSA) is 499 Å². The first-order valence-electron chi connectivity index (χ1n) is 24.4. The number of carboxylic acids is 1. The predicted octanol–water partition coefficient (Wildman–Crippen LogP) is -6.88. The molecule has 0 aromatic carbocycles. The molecule has 0 saturated heterocycles. The Morgan fingerprint density at radius 2 is 0.961 bits per heavy atom. The van der Waals surface area contributed by atoms with Gasteiger partial charge in [-0.1, -0.05) is 34.1 Å². The highest BCUT2D eigenvalue weighted by Crippen LogP contribution is 2.13. The van der Waals surface area contributed by atoms with Crippen LogP contribution < -0.4 is 76.5 Å². The SMILES string of the molecule is CC[C@H](C)[C@H](NC(=O)[C@H](CCSC)NC(=O)[C@@H](N)CC(N)=O)C(=O)N[C@H](C(=O)N[C@@H](CCCN=C(N)N)C(=O)N[C@@H](CO)C(=O)N[C@@H](CS)C(=O)N[C@@H](CCCCN)C(=O)N[C@@H](CS)C(=O)N[C@@H](CO)C(=O)O)C(C)C. The minimum absolute atomic E-state index is 0.0105. The van der Waals surface area contributed by atoms with E-state index in [-0.39, 0.29) is 56.2 Å². The Labute approximate surface area is 457 Å². The van der Waals surface area contributed by atoms with Crippen molar-refractivity contribution in [2.45, 2.75) is 139 Å². The summed E-state index contributed by atoms with van der Waals surface area (Å²) in [6.45, 7) is 4.88. The van der Waals surface area contributed by atoms with Crippen LogP contribution in [0.3, 0.4) is 0 Å². The fourth-order valence-electron chi connectivity index (χ4n) is 6.75. The van der Waals surface area contributed by atoms with Gasteiger partial charge in [-0.15, -0.1) is 0 Å². The van der Waals surface area contributed by atoms with Crippen LogP contribution in [0.4, 0.5) is 0 Å². The van der Waals surface area contributed by atoms with Crippen molar-refractivity contribution in [3.8, 4) is 0 Å². The van der Waals surface area contributed by atoms with E-state index in [1.807, 2.05) is 0 Å². The van der Waals surface area contributed by atoms with Crippen molar-refractivity contribution in [3.05, 3.63) is 0 Å². The van der Waals surface area contributed by atoms with Crippen molar-refractivity contribution in [1.82, 2.24) is 47.9 Å². The number of thiol groups is 2. The lowest BCUT2D eigenvalue weighted by atomic mass is 9.95. The van der Waals surface area contributed by atoms with Gasteiger partial charge in [-0.3, -0.25) is 52.9 Å². The third-order valence-corrected chi connectivity index (χ3v) is 12.8. The summed E-state index contributed by atoms with van der Waals surface area (Å²) in [4.78, 5) is 148. The lowest BCUT2D eigenvalue weighted by molar-refractivity contribution is -0.143. The fraction of sp³-hybridized carbons (Fsp3) is 0.727. The van der Waals surface area contributed by atoms with E-state index in [0.29, 0.717) is 25.0 Å². The largest absolute Gasteiger partial charge is 0.480 e. The molecule has 0 bridgehead atoms. The Bertz CT molecular complexity index is 1970. The van der Waals surface area contributed by atoms with Crippen molar-refractivity contribution >= 4 is 108 Å². The van der Waals surface area contributed by atoms with Gasteiger partial charge < -0.3 is 91.8 Å². The molecule has 29 nitrogen and oxygen atoms in total. The third-order valence-electron chi connectivity index (χ3n) is 11.4. The monoisotopic (exact) mass is 1140 g/mol. The number of hydrogen-bond acceptors (Lipinski definition) is 19. The van der Waals surface area contributed by atoms with E-state index in [1.54, 1.807) is 34.0 Å². The number of aliphatic imine (C=N–C) groups is 1. The Morgan fingerprint density at radius 3 is 1.41 bits per heavy atom.